The molecule has 0 atom stereocenters. The summed E-state index contributed by atoms with van der Waals surface area (Å²) < 4.78 is 0.828. The van der Waals surface area contributed by atoms with Crippen molar-refractivity contribution < 1.29 is 9.59 Å². The molecule has 1 aromatic rings. The van der Waals surface area contributed by atoms with Crippen LogP contribution in [0, 0.1) is 6.92 Å². The van der Waals surface area contributed by atoms with E-state index in [9.17, 15) is 9.59 Å². The molecule has 102 valence electrons. The van der Waals surface area contributed by atoms with Crippen molar-refractivity contribution in [2.24, 2.45) is 0 Å². The highest BCUT2D eigenvalue weighted by atomic mass is 79.9. The largest absolute Gasteiger partial charge is 0.304 e. The molecular formula is C14H15BrClNO2. The van der Waals surface area contributed by atoms with Crippen LogP contribution in [-0.2, 0) is 4.79 Å². The number of ketones is 1. The van der Waals surface area contributed by atoms with Crippen molar-refractivity contribution in [1.29, 1.82) is 0 Å². The number of nitrogens with zero attached hydrogens (tertiary/aromatic N) is 1. The van der Waals surface area contributed by atoms with Gasteiger partial charge in [-0.2, -0.15) is 0 Å². The fourth-order valence-corrected chi connectivity index (χ4v) is 3.12. The fourth-order valence-electron chi connectivity index (χ4n) is 2.36. The molecule has 3 nitrogen and oxygen atoms in total. The minimum Gasteiger partial charge on any atom is -0.304 e. The normalized spacial score (nSPS) is 14.2. The van der Waals surface area contributed by atoms with E-state index in [4.69, 9.17) is 11.6 Å². The molecule has 1 aromatic carbocycles. The molecule has 0 aromatic heterocycles. The maximum Gasteiger partial charge on any atom is 0.299 e. The van der Waals surface area contributed by atoms with E-state index < -0.39 is 11.7 Å². The predicted octanol–water partition coefficient (Wildman–Crippen LogP) is 3.70. The summed E-state index contributed by atoms with van der Waals surface area (Å²) >= 11 is 8.99. The van der Waals surface area contributed by atoms with Gasteiger partial charge in [-0.3, -0.25) is 9.59 Å². The molecule has 1 heterocycles. The van der Waals surface area contributed by atoms with E-state index in [1.807, 2.05) is 13.0 Å². The first-order valence-electron chi connectivity index (χ1n) is 6.28. The lowest BCUT2D eigenvalue weighted by Gasteiger charge is -2.18. The Morgan fingerprint density at radius 1 is 1.21 bits per heavy atom. The number of halogens is 2. The Morgan fingerprint density at radius 3 is 2.63 bits per heavy atom. The summed E-state index contributed by atoms with van der Waals surface area (Å²) in [6.07, 6.45) is 2.76. The van der Waals surface area contributed by atoms with Crippen molar-refractivity contribution in [3.05, 3.63) is 27.7 Å². The zero-order valence-electron chi connectivity index (χ0n) is 10.7. The van der Waals surface area contributed by atoms with Crippen molar-refractivity contribution >= 4 is 44.9 Å². The van der Waals surface area contributed by atoms with Gasteiger partial charge < -0.3 is 4.90 Å². The number of carbonyl (C=O) groups excluding carboxylic acids is 2. The van der Waals surface area contributed by atoms with E-state index in [0.29, 0.717) is 18.0 Å². The zero-order chi connectivity index (χ0) is 14.0. The van der Waals surface area contributed by atoms with Gasteiger partial charge in [-0.05, 0) is 37.5 Å². The monoisotopic (exact) mass is 343 g/mol. The average Bonchev–Trinajstić information content (AvgIpc) is 2.60. The number of fused-ring (bicyclic) bond motifs is 1. The van der Waals surface area contributed by atoms with E-state index >= 15 is 0 Å². The highest BCUT2D eigenvalue weighted by molar-refractivity contribution is 9.10. The number of hydrogen-bond acceptors (Lipinski definition) is 2. The number of carbonyl (C=O) groups is 2. The Hall–Kier alpha value is -0.870. The van der Waals surface area contributed by atoms with Crippen LogP contribution in [0.25, 0.3) is 0 Å². The first-order chi connectivity index (χ1) is 9.06. The molecular weight excluding hydrogens is 330 g/mol. The molecule has 0 spiro atoms. The van der Waals surface area contributed by atoms with Gasteiger partial charge in [0.05, 0.1) is 11.3 Å². The van der Waals surface area contributed by atoms with Crippen LogP contribution in [0.3, 0.4) is 0 Å². The Kier molecular flexibility index (Phi) is 4.63. The fraction of sp³-hybridized carbons (Fsp3) is 0.429. The second-order valence-corrected chi connectivity index (χ2v) is 5.95. The van der Waals surface area contributed by atoms with Crippen molar-refractivity contribution in [3.63, 3.8) is 0 Å². The molecule has 19 heavy (non-hydrogen) atoms. The van der Waals surface area contributed by atoms with Gasteiger partial charge >= 0.3 is 0 Å². The molecule has 0 saturated heterocycles. The number of anilines is 1. The van der Waals surface area contributed by atoms with Crippen LogP contribution in [0.5, 0.6) is 0 Å². The third-order valence-corrected chi connectivity index (χ3v) is 3.96. The number of hydrogen-bond donors (Lipinski definition) is 0. The Morgan fingerprint density at radius 2 is 1.95 bits per heavy atom. The minimum absolute atomic E-state index is 0.406. The Bertz CT molecular complexity index is 530. The number of benzene rings is 1. The van der Waals surface area contributed by atoms with Crippen molar-refractivity contribution in [3.8, 4) is 0 Å². The summed E-state index contributed by atoms with van der Waals surface area (Å²) in [5, 5.41) is 0. The molecule has 0 fully saturated rings. The summed E-state index contributed by atoms with van der Waals surface area (Å²) in [4.78, 5) is 25.6. The lowest BCUT2D eigenvalue weighted by atomic mass is 10.1. The van der Waals surface area contributed by atoms with E-state index in [0.717, 1.165) is 35.0 Å². The van der Waals surface area contributed by atoms with Crippen molar-refractivity contribution in [1.82, 2.24) is 0 Å². The summed E-state index contributed by atoms with van der Waals surface area (Å²) in [7, 11) is 0. The average molecular weight is 345 g/mol. The first-order valence-corrected chi connectivity index (χ1v) is 7.61. The first kappa shape index (κ1) is 14.5. The number of aryl methyl sites for hydroxylation is 1. The molecule has 0 saturated carbocycles. The molecule has 0 aliphatic carbocycles. The van der Waals surface area contributed by atoms with Gasteiger partial charge in [0.25, 0.3) is 11.7 Å². The van der Waals surface area contributed by atoms with Crippen LogP contribution in [0.4, 0.5) is 5.69 Å². The Labute approximate surface area is 126 Å². The smallest absolute Gasteiger partial charge is 0.299 e. The van der Waals surface area contributed by atoms with E-state index in [1.165, 1.54) is 0 Å². The van der Waals surface area contributed by atoms with Crippen molar-refractivity contribution in [2.45, 2.75) is 26.2 Å². The number of rotatable bonds is 5. The van der Waals surface area contributed by atoms with E-state index in [2.05, 4.69) is 15.9 Å². The highest BCUT2D eigenvalue weighted by Gasteiger charge is 2.36. The quantitative estimate of drug-likeness (QED) is 0.464. The molecule has 1 aliphatic heterocycles. The number of unbranched alkanes of at least 4 members (excludes halogenated alkanes) is 2. The van der Waals surface area contributed by atoms with Crippen LogP contribution in [-0.4, -0.2) is 24.1 Å². The SMILES string of the molecule is Cc1cc(Br)cc2c1N(CCCCCCl)C(=O)C2=O. The maximum atomic E-state index is 12.0. The summed E-state index contributed by atoms with van der Waals surface area (Å²) in [6, 6.07) is 3.65. The lowest BCUT2D eigenvalue weighted by Crippen LogP contribution is -2.31. The highest BCUT2D eigenvalue weighted by Crippen LogP contribution is 2.35. The van der Waals surface area contributed by atoms with Gasteiger partial charge in [-0.25, -0.2) is 0 Å². The summed E-state index contributed by atoms with van der Waals surface area (Å²) in [5.41, 5.74) is 2.22. The zero-order valence-corrected chi connectivity index (χ0v) is 13.1. The maximum absolute atomic E-state index is 12.0. The van der Waals surface area contributed by atoms with Gasteiger partial charge in [0.2, 0.25) is 0 Å². The van der Waals surface area contributed by atoms with Crippen molar-refractivity contribution in [2.75, 3.05) is 17.3 Å². The molecule has 0 radical (unpaired) electrons. The van der Waals surface area contributed by atoms with Crippen LogP contribution in [0.15, 0.2) is 16.6 Å². The molecule has 1 aliphatic rings. The van der Waals surface area contributed by atoms with Gasteiger partial charge in [-0.15, -0.1) is 11.6 Å². The van der Waals surface area contributed by atoms with Gasteiger partial charge in [0, 0.05) is 16.9 Å². The number of amides is 1. The third-order valence-electron chi connectivity index (χ3n) is 3.23. The summed E-state index contributed by atoms with van der Waals surface area (Å²) in [5.74, 6) is -0.186. The number of alkyl halides is 1. The molecule has 5 heteroatoms. The lowest BCUT2D eigenvalue weighted by molar-refractivity contribution is -0.114. The minimum atomic E-state index is -0.415. The molecule has 1 amide bonds. The number of Topliss-reactive ketones (excluding diaryl/α,β-unsaturated/α-hetero) is 1. The molecule has 0 unspecified atom stereocenters. The molecule has 0 N–H and O–H groups in total. The van der Waals surface area contributed by atoms with Crippen LogP contribution >= 0.6 is 27.5 Å². The second kappa shape index (κ2) is 6.06. The van der Waals surface area contributed by atoms with Gasteiger partial charge in [0.1, 0.15) is 0 Å². The van der Waals surface area contributed by atoms with Crippen LogP contribution in [0.1, 0.15) is 35.2 Å². The third kappa shape index (κ3) is 2.84. The topological polar surface area (TPSA) is 37.4 Å². The predicted molar refractivity (Wildman–Crippen MR) is 80.1 cm³/mol. The van der Waals surface area contributed by atoms with E-state index in [1.54, 1.807) is 11.0 Å². The molecule has 2 rings (SSSR count). The van der Waals surface area contributed by atoms with E-state index in [-0.39, 0.29) is 0 Å². The Balaban J connectivity index is 2.23. The summed E-state index contributed by atoms with van der Waals surface area (Å²) in [6.45, 7) is 2.50. The standard InChI is InChI=1S/C14H15BrClNO2/c1-9-7-10(15)8-11-12(9)17(14(19)13(11)18)6-4-2-3-5-16/h7-8H,2-6H2,1H3. The second-order valence-electron chi connectivity index (χ2n) is 4.65. The molecule has 0 bridgehead atoms. The van der Waals surface area contributed by atoms with Crippen LogP contribution in [0.2, 0.25) is 0 Å². The van der Waals surface area contributed by atoms with Crippen LogP contribution < -0.4 is 4.90 Å². The van der Waals surface area contributed by atoms with Gasteiger partial charge in [-0.1, -0.05) is 22.4 Å². The van der Waals surface area contributed by atoms with Gasteiger partial charge in [0.15, 0.2) is 0 Å².